The minimum absolute atomic E-state index is 0.125. The van der Waals surface area contributed by atoms with Crippen LogP contribution in [0.5, 0.6) is 0 Å². The van der Waals surface area contributed by atoms with Gasteiger partial charge < -0.3 is 25.2 Å². The molecule has 0 spiro atoms. The van der Waals surface area contributed by atoms with E-state index in [4.69, 9.17) is 0 Å². The van der Waals surface area contributed by atoms with Crippen LogP contribution in [0.25, 0.3) is 0 Å². The Morgan fingerprint density at radius 2 is 1.46 bits per heavy atom. The number of hydrogen-bond acceptors (Lipinski definition) is 7. The van der Waals surface area contributed by atoms with Crippen molar-refractivity contribution < 1.29 is 38.6 Å². The Bertz CT molecular complexity index is 743. The molecule has 0 aliphatic heterocycles. The second kappa shape index (κ2) is 10.0. The van der Waals surface area contributed by atoms with E-state index in [9.17, 15) is 29.1 Å². The van der Waals surface area contributed by atoms with Gasteiger partial charge in [-0.15, -0.1) is 0 Å². The molecule has 1 aromatic carbocycles. The Balaban J connectivity index is 3.03. The molecule has 0 aliphatic carbocycles. The fourth-order valence-corrected chi connectivity index (χ4v) is 2.52. The number of anilines is 1. The number of aliphatic carboxylic acids is 1. The quantitative estimate of drug-likeness (QED) is 0.424. The van der Waals surface area contributed by atoms with E-state index in [-0.39, 0.29) is 11.5 Å². The van der Waals surface area contributed by atoms with Gasteiger partial charge in [0, 0.05) is 24.1 Å². The van der Waals surface area contributed by atoms with E-state index >= 15 is 0 Å². The lowest BCUT2D eigenvalue weighted by Gasteiger charge is -2.26. The van der Waals surface area contributed by atoms with Crippen LogP contribution in [0.4, 0.5) is 5.69 Å². The summed E-state index contributed by atoms with van der Waals surface area (Å²) in [4.78, 5) is 58.9. The first kappa shape index (κ1) is 22.6. The lowest BCUT2D eigenvalue weighted by atomic mass is 9.87. The minimum atomic E-state index is -1.56. The molecular weight excluding hydrogens is 372 g/mol. The third kappa shape index (κ3) is 5.79. The highest BCUT2D eigenvalue weighted by molar-refractivity contribution is 5.99. The van der Waals surface area contributed by atoms with E-state index in [0.717, 1.165) is 14.2 Å². The first-order valence-corrected chi connectivity index (χ1v) is 8.19. The highest BCUT2D eigenvalue weighted by Gasteiger charge is 2.42. The molecule has 0 saturated carbocycles. The molecular formula is C18H22N2O8. The van der Waals surface area contributed by atoms with Gasteiger partial charge in [0.15, 0.2) is 5.92 Å². The molecule has 1 rings (SSSR count). The SMILES string of the molecule is COC(=O)C(C(=O)OC)[C@@H](C)[C@@H](NC(=O)c1ccc(NC(C)=O)cc1)C(=O)O. The highest BCUT2D eigenvalue weighted by atomic mass is 16.5. The van der Waals surface area contributed by atoms with Gasteiger partial charge in [0.25, 0.3) is 5.91 Å². The molecule has 152 valence electrons. The summed E-state index contributed by atoms with van der Waals surface area (Å²) in [5, 5.41) is 14.3. The summed E-state index contributed by atoms with van der Waals surface area (Å²) < 4.78 is 9.08. The molecule has 10 heteroatoms. The summed E-state index contributed by atoms with van der Waals surface area (Å²) in [6, 6.07) is 4.17. The molecule has 28 heavy (non-hydrogen) atoms. The zero-order chi connectivity index (χ0) is 21.4. The number of methoxy groups -OCH3 is 2. The van der Waals surface area contributed by atoms with Gasteiger partial charge in [-0.3, -0.25) is 19.2 Å². The second-order valence-corrected chi connectivity index (χ2v) is 5.93. The van der Waals surface area contributed by atoms with Crippen molar-refractivity contribution in [3.05, 3.63) is 29.8 Å². The number of carbonyl (C=O) groups is 5. The Morgan fingerprint density at radius 1 is 0.964 bits per heavy atom. The first-order chi connectivity index (χ1) is 13.1. The van der Waals surface area contributed by atoms with E-state index in [0.29, 0.717) is 5.69 Å². The Hall–Kier alpha value is -3.43. The molecule has 2 amide bonds. The highest BCUT2D eigenvalue weighted by Crippen LogP contribution is 2.20. The normalized spacial score (nSPS) is 12.5. The maximum absolute atomic E-state index is 12.4. The zero-order valence-corrected chi connectivity index (χ0v) is 15.8. The van der Waals surface area contributed by atoms with Crippen molar-refractivity contribution >= 4 is 35.4 Å². The van der Waals surface area contributed by atoms with Crippen molar-refractivity contribution in [2.24, 2.45) is 11.8 Å². The first-order valence-electron chi connectivity index (χ1n) is 8.19. The summed E-state index contributed by atoms with van der Waals surface area (Å²) >= 11 is 0. The molecule has 2 atom stereocenters. The van der Waals surface area contributed by atoms with E-state index in [2.05, 4.69) is 20.1 Å². The molecule has 0 unspecified atom stereocenters. The van der Waals surface area contributed by atoms with Crippen LogP contribution in [-0.4, -0.2) is 55.1 Å². The number of esters is 2. The van der Waals surface area contributed by atoms with Crippen LogP contribution in [0.1, 0.15) is 24.2 Å². The average molecular weight is 394 g/mol. The smallest absolute Gasteiger partial charge is 0.326 e. The van der Waals surface area contributed by atoms with Gasteiger partial charge in [0.05, 0.1) is 14.2 Å². The van der Waals surface area contributed by atoms with Gasteiger partial charge in [0.2, 0.25) is 5.91 Å². The summed E-state index contributed by atoms with van der Waals surface area (Å²) in [6.07, 6.45) is 0. The molecule has 0 saturated heterocycles. The van der Waals surface area contributed by atoms with Crippen LogP contribution in [0.3, 0.4) is 0 Å². The molecule has 0 radical (unpaired) electrons. The predicted molar refractivity (Wildman–Crippen MR) is 96.3 cm³/mol. The van der Waals surface area contributed by atoms with Gasteiger partial charge in [-0.2, -0.15) is 0 Å². The van der Waals surface area contributed by atoms with Crippen molar-refractivity contribution in [2.75, 3.05) is 19.5 Å². The lowest BCUT2D eigenvalue weighted by Crippen LogP contribution is -2.50. The number of nitrogens with one attached hydrogen (secondary N) is 2. The van der Waals surface area contributed by atoms with Crippen LogP contribution in [-0.2, 0) is 28.7 Å². The molecule has 0 fully saturated rings. The number of amides is 2. The average Bonchev–Trinajstić information content (AvgIpc) is 2.65. The summed E-state index contributed by atoms with van der Waals surface area (Å²) in [5.74, 6) is -7.08. The fraction of sp³-hybridized carbons (Fsp3) is 0.389. The number of carboxylic acid groups (broad SMARTS) is 1. The number of carbonyl (C=O) groups excluding carboxylic acids is 4. The number of ether oxygens (including phenoxy) is 2. The maximum Gasteiger partial charge on any atom is 0.326 e. The van der Waals surface area contributed by atoms with Crippen molar-refractivity contribution in [3.63, 3.8) is 0 Å². The van der Waals surface area contributed by atoms with E-state index in [1.54, 1.807) is 0 Å². The Labute approximate surface area is 161 Å². The summed E-state index contributed by atoms with van der Waals surface area (Å²) in [6.45, 7) is 2.65. The van der Waals surface area contributed by atoms with Gasteiger partial charge in [0.1, 0.15) is 6.04 Å². The van der Waals surface area contributed by atoms with Crippen molar-refractivity contribution in [2.45, 2.75) is 19.9 Å². The monoisotopic (exact) mass is 394 g/mol. The van der Waals surface area contributed by atoms with Crippen LogP contribution in [0.2, 0.25) is 0 Å². The largest absolute Gasteiger partial charge is 0.480 e. The van der Waals surface area contributed by atoms with Gasteiger partial charge in [-0.05, 0) is 24.3 Å². The zero-order valence-electron chi connectivity index (χ0n) is 15.8. The third-order valence-corrected chi connectivity index (χ3v) is 3.98. The fourth-order valence-electron chi connectivity index (χ4n) is 2.52. The van der Waals surface area contributed by atoms with Gasteiger partial charge in [-0.25, -0.2) is 4.79 Å². The summed E-state index contributed by atoms with van der Waals surface area (Å²) in [5.41, 5.74) is 0.587. The number of hydrogen-bond donors (Lipinski definition) is 3. The minimum Gasteiger partial charge on any atom is -0.480 e. The van der Waals surface area contributed by atoms with Gasteiger partial charge >= 0.3 is 17.9 Å². The van der Waals surface area contributed by atoms with Crippen LogP contribution >= 0.6 is 0 Å². The second-order valence-electron chi connectivity index (χ2n) is 5.93. The van der Waals surface area contributed by atoms with Crippen LogP contribution in [0.15, 0.2) is 24.3 Å². The van der Waals surface area contributed by atoms with E-state index in [1.807, 2.05) is 0 Å². The van der Waals surface area contributed by atoms with Crippen LogP contribution < -0.4 is 10.6 Å². The van der Waals surface area contributed by atoms with Crippen molar-refractivity contribution in [1.82, 2.24) is 5.32 Å². The predicted octanol–water partition coefficient (Wildman–Crippen LogP) is 0.426. The van der Waals surface area contributed by atoms with Gasteiger partial charge in [-0.1, -0.05) is 6.92 Å². The maximum atomic E-state index is 12.4. The summed E-state index contributed by atoms with van der Waals surface area (Å²) in [7, 11) is 2.10. The molecule has 1 aromatic rings. The van der Waals surface area contributed by atoms with E-state index < -0.39 is 41.7 Å². The van der Waals surface area contributed by atoms with Crippen LogP contribution in [0, 0.1) is 11.8 Å². The molecule has 3 N–H and O–H groups in total. The third-order valence-electron chi connectivity index (χ3n) is 3.98. The lowest BCUT2D eigenvalue weighted by molar-refractivity contribution is -0.162. The Morgan fingerprint density at radius 3 is 1.86 bits per heavy atom. The molecule has 0 heterocycles. The van der Waals surface area contributed by atoms with E-state index in [1.165, 1.54) is 38.1 Å². The number of benzene rings is 1. The topological polar surface area (TPSA) is 148 Å². The standard InChI is InChI=1S/C18H22N2O8/c1-9(13(17(25)27-3)18(26)28-4)14(16(23)24)20-15(22)11-5-7-12(8-6-11)19-10(2)21/h5-9,13-14H,1-4H3,(H,19,21)(H,20,22)(H,23,24)/t9-,14-/m1/s1. The molecule has 0 aliphatic rings. The Kier molecular flexibility index (Phi) is 8.11. The number of rotatable bonds is 8. The van der Waals surface area contributed by atoms with Crippen molar-refractivity contribution in [3.8, 4) is 0 Å². The molecule has 0 bridgehead atoms. The molecule has 0 aromatic heterocycles. The molecule has 10 nitrogen and oxygen atoms in total. The number of carboxylic acids is 1. The van der Waals surface area contributed by atoms with Crippen molar-refractivity contribution in [1.29, 1.82) is 0 Å².